The second-order valence-electron chi connectivity index (χ2n) is 6.25. The molecule has 2 aromatic rings. The van der Waals surface area contributed by atoms with Crippen LogP contribution < -0.4 is 15.5 Å². The van der Waals surface area contributed by atoms with Gasteiger partial charge in [-0.25, -0.2) is 4.98 Å². The van der Waals surface area contributed by atoms with Crippen molar-refractivity contribution in [3.05, 3.63) is 39.9 Å². The lowest BCUT2D eigenvalue weighted by Gasteiger charge is -2.19. The summed E-state index contributed by atoms with van der Waals surface area (Å²) in [5, 5.41) is 7.79. The molecule has 2 heterocycles. The summed E-state index contributed by atoms with van der Waals surface area (Å²) in [5.74, 6) is 0.421. The number of nitrogens with one attached hydrogen (secondary N) is 2. The van der Waals surface area contributed by atoms with E-state index in [1.165, 1.54) is 11.3 Å². The highest BCUT2D eigenvalue weighted by molar-refractivity contribution is 7.17. The van der Waals surface area contributed by atoms with E-state index in [9.17, 15) is 4.79 Å². The van der Waals surface area contributed by atoms with Gasteiger partial charge in [-0.3, -0.25) is 4.79 Å². The molecule has 1 amide bonds. The molecule has 5 nitrogen and oxygen atoms in total. The molecule has 0 radical (unpaired) electrons. The Balaban J connectivity index is 1.53. The number of hydrogen-bond donors (Lipinski definition) is 2. The topological polar surface area (TPSA) is 57.3 Å². The molecule has 0 unspecified atom stereocenters. The van der Waals surface area contributed by atoms with Gasteiger partial charge in [-0.15, -0.1) is 0 Å². The minimum atomic E-state index is -0.0274. The first-order chi connectivity index (χ1) is 12.1. The second-order valence-corrected chi connectivity index (χ2v) is 7.69. The molecule has 7 heteroatoms. The van der Waals surface area contributed by atoms with Crippen molar-refractivity contribution in [3.63, 3.8) is 0 Å². The zero-order valence-corrected chi connectivity index (χ0v) is 16.1. The second kappa shape index (κ2) is 8.06. The van der Waals surface area contributed by atoms with Gasteiger partial charge < -0.3 is 15.5 Å². The predicted molar refractivity (Wildman–Crippen MR) is 105 cm³/mol. The van der Waals surface area contributed by atoms with Crippen molar-refractivity contribution in [1.82, 2.24) is 10.3 Å². The molecule has 1 aromatic carbocycles. The van der Waals surface area contributed by atoms with Gasteiger partial charge in [-0.2, -0.15) is 0 Å². The summed E-state index contributed by atoms with van der Waals surface area (Å²) in [5.41, 5.74) is 1.93. The molecule has 3 rings (SSSR count). The van der Waals surface area contributed by atoms with Crippen molar-refractivity contribution >= 4 is 39.7 Å². The van der Waals surface area contributed by atoms with Gasteiger partial charge in [0.2, 0.25) is 0 Å². The molecule has 0 saturated carbocycles. The Morgan fingerprint density at radius 1 is 1.48 bits per heavy atom. The molecule has 1 aliphatic rings. The number of carbonyl (C=O) groups is 1. The molecule has 2 N–H and O–H groups in total. The molecular weight excluding hydrogens is 356 g/mol. The van der Waals surface area contributed by atoms with Crippen molar-refractivity contribution < 1.29 is 4.79 Å². The Bertz CT molecular complexity index is 748. The lowest BCUT2D eigenvalue weighted by atomic mass is 10.1. The number of nitrogens with zero attached hydrogens (tertiary/aromatic N) is 2. The zero-order valence-electron chi connectivity index (χ0n) is 14.5. The highest BCUT2D eigenvalue weighted by Crippen LogP contribution is 2.26. The first kappa shape index (κ1) is 18.0. The van der Waals surface area contributed by atoms with E-state index in [4.69, 9.17) is 11.6 Å². The van der Waals surface area contributed by atoms with Gasteiger partial charge in [0, 0.05) is 36.9 Å². The van der Waals surface area contributed by atoms with Crippen molar-refractivity contribution in [2.24, 2.45) is 5.92 Å². The molecule has 0 bridgehead atoms. The number of thiazole rings is 1. The van der Waals surface area contributed by atoms with Gasteiger partial charge in [-0.1, -0.05) is 29.0 Å². The summed E-state index contributed by atoms with van der Waals surface area (Å²) in [6, 6.07) is 7.93. The largest absolute Gasteiger partial charge is 0.371 e. The average Bonchev–Trinajstić information content (AvgIpc) is 3.20. The van der Waals surface area contributed by atoms with Crippen LogP contribution in [0.15, 0.2) is 24.3 Å². The number of halogens is 1. The first-order valence-corrected chi connectivity index (χ1v) is 9.76. The third-order valence-electron chi connectivity index (χ3n) is 4.34. The summed E-state index contributed by atoms with van der Waals surface area (Å²) in [6.45, 7) is 7.31. The molecule has 1 aromatic heterocycles. The van der Waals surface area contributed by atoms with Crippen LogP contribution in [-0.4, -0.2) is 37.1 Å². The van der Waals surface area contributed by atoms with E-state index in [1.54, 1.807) is 0 Å². The van der Waals surface area contributed by atoms with Crippen LogP contribution in [0.1, 0.15) is 28.7 Å². The Morgan fingerprint density at radius 2 is 2.32 bits per heavy atom. The van der Waals surface area contributed by atoms with Crippen molar-refractivity contribution in [3.8, 4) is 0 Å². The van der Waals surface area contributed by atoms with Gasteiger partial charge in [0.1, 0.15) is 4.88 Å². The lowest BCUT2D eigenvalue weighted by Crippen LogP contribution is -2.30. The number of anilines is 2. The SMILES string of the molecule is CCNc1nc(C)c(C(=O)NC[C@@H]2CCN(c3cccc(Cl)c3)C2)s1. The smallest absolute Gasteiger partial charge is 0.263 e. The van der Waals surface area contributed by atoms with Gasteiger partial charge in [-0.05, 0) is 44.4 Å². The average molecular weight is 379 g/mol. The molecule has 0 aliphatic carbocycles. The van der Waals surface area contributed by atoms with E-state index >= 15 is 0 Å². The fourth-order valence-electron chi connectivity index (χ4n) is 3.06. The summed E-state index contributed by atoms with van der Waals surface area (Å²) in [6.07, 6.45) is 1.07. The molecular formula is C18H23ClN4OS. The molecule has 134 valence electrons. The van der Waals surface area contributed by atoms with Crippen LogP contribution >= 0.6 is 22.9 Å². The maximum atomic E-state index is 12.4. The monoisotopic (exact) mass is 378 g/mol. The minimum absolute atomic E-state index is 0.0274. The Labute approximate surface area is 157 Å². The molecule has 0 spiro atoms. The van der Waals surface area contributed by atoms with Crippen LogP contribution in [0, 0.1) is 12.8 Å². The predicted octanol–water partition coefficient (Wildman–Crippen LogP) is 3.79. The highest BCUT2D eigenvalue weighted by Gasteiger charge is 2.24. The highest BCUT2D eigenvalue weighted by atomic mass is 35.5. The maximum Gasteiger partial charge on any atom is 0.263 e. The minimum Gasteiger partial charge on any atom is -0.371 e. The molecule has 1 fully saturated rings. The third kappa shape index (κ3) is 4.44. The van der Waals surface area contributed by atoms with Crippen LogP contribution in [0.2, 0.25) is 5.02 Å². The molecule has 1 atom stereocenters. The van der Waals surface area contributed by atoms with Crippen molar-refractivity contribution in [1.29, 1.82) is 0 Å². The molecule has 1 saturated heterocycles. The van der Waals surface area contributed by atoms with E-state index in [0.717, 1.165) is 47.6 Å². The number of hydrogen-bond acceptors (Lipinski definition) is 5. The summed E-state index contributed by atoms with van der Waals surface area (Å²) in [7, 11) is 0. The standard InChI is InChI=1S/C18H23ClN4OS/c1-3-20-18-22-12(2)16(25-18)17(24)21-10-13-7-8-23(11-13)15-6-4-5-14(19)9-15/h4-6,9,13H,3,7-8,10-11H2,1-2H3,(H,20,22)(H,21,24)/t13-/m0/s1. The summed E-state index contributed by atoms with van der Waals surface area (Å²) >= 11 is 7.49. The Kier molecular flexibility index (Phi) is 5.81. The van der Waals surface area contributed by atoms with Gasteiger partial charge >= 0.3 is 0 Å². The summed E-state index contributed by atoms with van der Waals surface area (Å²) < 4.78 is 0. The third-order valence-corrected chi connectivity index (χ3v) is 5.69. The van der Waals surface area contributed by atoms with E-state index in [1.807, 2.05) is 32.0 Å². The van der Waals surface area contributed by atoms with E-state index in [-0.39, 0.29) is 5.91 Å². The molecule has 1 aliphatic heterocycles. The number of carbonyl (C=O) groups excluding carboxylic acids is 1. The van der Waals surface area contributed by atoms with Crippen LogP contribution in [0.4, 0.5) is 10.8 Å². The van der Waals surface area contributed by atoms with E-state index in [2.05, 4.69) is 26.6 Å². The van der Waals surface area contributed by atoms with Crippen molar-refractivity contribution in [2.75, 3.05) is 36.4 Å². The number of benzene rings is 1. The number of amides is 1. The first-order valence-electron chi connectivity index (χ1n) is 8.56. The van der Waals surface area contributed by atoms with Crippen LogP contribution in [-0.2, 0) is 0 Å². The normalized spacial score (nSPS) is 16.9. The maximum absolute atomic E-state index is 12.4. The lowest BCUT2D eigenvalue weighted by molar-refractivity contribution is 0.0951. The fourth-order valence-corrected chi connectivity index (χ4v) is 4.19. The van der Waals surface area contributed by atoms with Crippen LogP contribution in [0.5, 0.6) is 0 Å². The van der Waals surface area contributed by atoms with Gasteiger partial charge in [0.25, 0.3) is 5.91 Å². The van der Waals surface area contributed by atoms with Crippen LogP contribution in [0.25, 0.3) is 0 Å². The quantitative estimate of drug-likeness (QED) is 0.802. The van der Waals surface area contributed by atoms with E-state index < -0.39 is 0 Å². The summed E-state index contributed by atoms with van der Waals surface area (Å²) in [4.78, 5) is 19.8. The Hall–Kier alpha value is -1.79. The number of aromatic nitrogens is 1. The number of aryl methyl sites for hydroxylation is 1. The van der Waals surface area contributed by atoms with Gasteiger partial charge in [0.15, 0.2) is 5.13 Å². The number of rotatable bonds is 6. The molecule has 25 heavy (non-hydrogen) atoms. The van der Waals surface area contributed by atoms with Gasteiger partial charge in [0.05, 0.1) is 5.69 Å². The van der Waals surface area contributed by atoms with Crippen molar-refractivity contribution in [2.45, 2.75) is 20.3 Å². The zero-order chi connectivity index (χ0) is 17.8. The fraction of sp³-hybridized carbons (Fsp3) is 0.444. The van der Waals surface area contributed by atoms with E-state index in [0.29, 0.717) is 17.3 Å². The Morgan fingerprint density at radius 3 is 3.08 bits per heavy atom. The van der Waals surface area contributed by atoms with Crippen LogP contribution in [0.3, 0.4) is 0 Å².